The van der Waals surface area contributed by atoms with Crippen LogP contribution < -0.4 is 5.32 Å². The average Bonchev–Trinajstić information content (AvgIpc) is 3.23. The van der Waals surface area contributed by atoms with Gasteiger partial charge in [-0.1, -0.05) is 43.7 Å². The zero-order valence-electron chi connectivity index (χ0n) is 16.6. The predicted molar refractivity (Wildman–Crippen MR) is 110 cm³/mol. The molecule has 0 aliphatic carbocycles. The molecule has 0 radical (unpaired) electrons. The molecule has 4 rings (SSSR count). The first kappa shape index (κ1) is 19.3. The van der Waals surface area contributed by atoms with Crippen LogP contribution in [0, 0.1) is 0 Å². The van der Waals surface area contributed by atoms with Crippen LogP contribution in [0.5, 0.6) is 0 Å². The molecule has 1 unspecified atom stereocenters. The van der Waals surface area contributed by atoms with Crippen LogP contribution in [-0.4, -0.2) is 62.7 Å². The monoisotopic (exact) mass is 394 g/mol. The van der Waals surface area contributed by atoms with Crippen molar-refractivity contribution in [3.05, 3.63) is 54.0 Å². The van der Waals surface area contributed by atoms with E-state index in [-0.39, 0.29) is 5.91 Å². The van der Waals surface area contributed by atoms with Gasteiger partial charge in [0.25, 0.3) is 5.78 Å². The molecule has 1 saturated heterocycles. The van der Waals surface area contributed by atoms with Crippen LogP contribution in [0.3, 0.4) is 0 Å². The Hall–Kier alpha value is -3.00. The molecule has 1 N–H and O–H groups in total. The largest absolute Gasteiger partial charge is 0.378 e. The third-order valence-electron chi connectivity index (χ3n) is 5.04. The fourth-order valence-electron chi connectivity index (χ4n) is 3.58. The number of anilines is 1. The lowest BCUT2D eigenvalue weighted by Gasteiger charge is -2.31. The number of carbonyl (C=O) groups excluding carboxylic acids is 1. The molecule has 8 nitrogen and oxygen atoms in total. The van der Waals surface area contributed by atoms with Crippen molar-refractivity contribution in [2.75, 3.05) is 31.6 Å². The number of amides is 1. The summed E-state index contributed by atoms with van der Waals surface area (Å²) in [6.45, 7) is 4.49. The van der Waals surface area contributed by atoms with Gasteiger partial charge in [0.15, 0.2) is 0 Å². The normalized spacial score (nSPS) is 15.4. The molecule has 3 aromatic rings. The smallest absolute Gasteiger partial charge is 0.254 e. The van der Waals surface area contributed by atoms with Gasteiger partial charge < -0.3 is 15.0 Å². The number of nitrogens with one attached hydrogen (secondary N) is 1. The quantitative estimate of drug-likeness (QED) is 0.659. The Morgan fingerprint density at radius 3 is 2.79 bits per heavy atom. The van der Waals surface area contributed by atoms with Crippen molar-refractivity contribution < 1.29 is 9.53 Å². The van der Waals surface area contributed by atoms with Crippen molar-refractivity contribution in [1.29, 1.82) is 0 Å². The molecule has 152 valence electrons. The number of rotatable bonds is 7. The lowest BCUT2D eigenvalue weighted by molar-refractivity contribution is -0.136. The molecular weight excluding hydrogens is 368 g/mol. The summed E-state index contributed by atoms with van der Waals surface area (Å²) < 4.78 is 7.07. The average molecular weight is 394 g/mol. The summed E-state index contributed by atoms with van der Waals surface area (Å²) in [6, 6.07) is 11.6. The van der Waals surface area contributed by atoms with Crippen molar-refractivity contribution in [3.63, 3.8) is 0 Å². The summed E-state index contributed by atoms with van der Waals surface area (Å²) in [5.74, 6) is 1.34. The molecule has 1 atom stereocenters. The minimum atomic E-state index is -0.417. The van der Waals surface area contributed by atoms with E-state index in [9.17, 15) is 4.79 Å². The highest BCUT2D eigenvalue weighted by Gasteiger charge is 2.27. The highest BCUT2D eigenvalue weighted by Crippen LogP contribution is 2.17. The van der Waals surface area contributed by atoms with Crippen LogP contribution in [0.4, 0.5) is 5.82 Å². The number of fused-ring (bicyclic) bond motifs is 1. The van der Waals surface area contributed by atoms with E-state index in [1.54, 1.807) is 4.52 Å². The lowest BCUT2D eigenvalue weighted by Crippen LogP contribution is -2.49. The van der Waals surface area contributed by atoms with Crippen LogP contribution in [0.1, 0.15) is 24.6 Å². The first-order valence-electron chi connectivity index (χ1n) is 10.1. The Bertz CT molecular complexity index is 952. The highest BCUT2D eigenvalue weighted by atomic mass is 16.5. The molecule has 2 aromatic heterocycles. The maximum atomic E-state index is 13.3. The highest BCUT2D eigenvalue weighted by molar-refractivity contribution is 5.85. The van der Waals surface area contributed by atoms with Gasteiger partial charge in [-0.3, -0.25) is 4.79 Å². The van der Waals surface area contributed by atoms with Gasteiger partial charge in [-0.05, 0) is 12.0 Å². The second kappa shape index (κ2) is 9.00. The zero-order valence-corrected chi connectivity index (χ0v) is 16.6. The number of aryl methyl sites for hydroxylation is 1. The van der Waals surface area contributed by atoms with Crippen molar-refractivity contribution in [2.24, 2.45) is 0 Å². The van der Waals surface area contributed by atoms with E-state index in [4.69, 9.17) is 4.74 Å². The first-order chi connectivity index (χ1) is 14.2. The lowest BCUT2D eigenvalue weighted by atomic mass is 10.0. The van der Waals surface area contributed by atoms with E-state index >= 15 is 0 Å². The third kappa shape index (κ3) is 4.54. The van der Waals surface area contributed by atoms with Crippen molar-refractivity contribution in [2.45, 2.75) is 32.2 Å². The van der Waals surface area contributed by atoms with Crippen LogP contribution >= 0.6 is 0 Å². The number of hydrogen-bond acceptors (Lipinski definition) is 6. The molecule has 29 heavy (non-hydrogen) atoms. The zero-order chi connectivity index (χ0) is 20.1. The number of nitrogens with zero attached hydrogens (tertiary/aromatic N) is 5. The summed E-state index contributed by atoms with van der Waals surface area (Å²) >= 11 is 0. The van der Waals surface area contributed by atoms with Gasteiger partial charge in [-0.2, -0.15) is 14.6 Å². The molecule has 1 aliphatic heterocycles. The molecule has 0 bridgehead atoms. The Morgan fingerprint density at radius 2 is 2.03 bits per heavy atom. The molecule has 1 amide bonds. The summed E-state index contributed by atoms with van der Waals surface area (Å²) in [4.78, 5) is 24.0. The third-order valence-corrected chi connectivity index (χ3v) is 5.04. The van der Waals surface area contributed by atoms with Crippen molar-refractivity contribution >= 4 is 17.5 Å². The maximum Gasteiger partial charge on any atom is 0.254 e. The van der Waals surface area contributed by atoms with Gasteiger partial charge in [-0.15, -0.1) is 0 Å². The number of aromatic nitrogens is 4. The maximum absolute atomic E-state index is 13.3. The number of ether oxygens (including phenoxy) is 1. The number of carbonyl (C=O) groups is 1. The van der Waals surface area contributed by atoms with Gasteiger partial charge in [0, 0.05) is 31.3 Å². The fraction of sp³-hybridized carbons (Fsp3) is 0.429. The Morgan fingerprint density at radius 1 is 1.24 bits per heavy atom. The summed E-state index contributed by atoms with van der Waals surface area (Å²) in [7, 11) is 0. The summed E-state index contributed by atoms with van der Waals surface area (Å²) in [5, 5.41) is 7.73. The van der Waals surface area contributed by atoms with Gasteiger partial charge in [0.05, 0.1) is 13.2 Å². The number of benzene rings is 1. The van der Waals surface area contributed by atoms with Gasteiger partial charge in [-0.25, -0.2) is 4.98 Å². The topological polar surface area (TPSA) is 84.7 Å². The van der Waals surface area contributed by atoms with E-state index in [0.717, 1.165) is 29.9 Å². The van der Waals surface area contributed by atoms with Gasteiger partial charge in [0.1, 0.15) is 18.2 Å². The number of hydrogen-bond donors (Lipinski definition) is 1. The van der Waals surface area contributed by atoms with Crippen LogP contribution in [0.25, 0.3) is 5.78 Å². The molecular formula is C21H26N6O2. The fourth-order valence-corrected chi connectivity index (χ4v) is 3.58. The first-order valence-corrected chi connectivity index (χ1v) is 10.1. The Labute approximate surface area is 169 Å². The second-order valence-electron chi connectivity index (χ2n) is 7.18. The van der Waals surface area contributed by atoms with Gasteiger partial charge in [0.2, 0.25) is 5.91 Å². The van der Waals surface area contributed by atoms with E-state index in [1.165, 1.54) is 6.33 Å². The minimum absolute atomic E-state index is 0.0688. The predicted octanol–water partition coefficient (Wildman–Crippen LogP) is 1.96. The summed E-state index contributed by atoms with van der Waals surface area (Å²) in [6.07, 6.45) is 3.90. The SMILES string of the molecule is CCCc1cc(NC(Cc2ccccc2)C(=O)N2CCOCC2)n2ncnc2n1. The standard InChI is InChI=1S/C21H26N6O2/c1-2-6-17-14-19(27-21(24-17)22-15-23-27)25-18(13-16-7-4-3-5-8-16)20(28)26-9-11-29-12-10-26/h3-5,7-8,14-15,18,25H,2,6,9-13H2,1H3. The Balaban J connectivity index is 1.64. The van der Waals surface area contributed by atoms with E-state index in [0.29, 0.717) is 38.5 Å². The van der Waals surface area contributed by atoms with Crippen molar-refractivity contribution in [3.8, 4) is 0 Å². The number of morpholine rings is 1. The van der Waals surface area contributed by atoms with E-state index in [2.05, 4.69) is 27.3 Å². The van der Waals surface area contributed by atoms with E-state index in [1.807, 2.05) is 41.3 Å². The molecule has 1 aromatic carbocycles. The molecule has 1 fully saturated rings. The molecule has 0 saturated carbocycles. The van der Waals surface area contributed by atoms with Crippen LogP contribution in [0.2, 0.25) is 0 Å². The minimum Gasteiger partial charge on any atom is -0.378 e. The van der Waals surface area contributed by atoms with E-state index < -0.39 is 6.04 Å². The van der Waals surface area contributed by atoms with Crippen LogP contribution in [0.15, 0.2) is 42.7 Å². The molecule has 0 spiro atoms. The molecule has 3 heterocycles. The van der Waals surface area contributed by atoms with Crippen LogP contribution in [-0.2, 0) is 22.4 Å². The molecule has 8 heteroatoms. The Kier molecular flexibility index (Phi) is 6.00. The second-order valence-corrected chi connectivity index (χ2v) is 7.18. The van der Waals surface area contributed by atoms with Gasteiger partial charge >= 0.3 is 0 Å². The molecule has 1 aliphatic rings. The van der Waals surface area contributed by atoms with Crippen molar-refractivity contribution in [1.82, 2.24) is 24.5 Å². The summed E-state index contributed by atoms with van der Waals surface area (Å²) in [5.41, 5.74) is 2.04.